The summed E-state index contributed by atoms with van der Waals surface area (Å²) >= 11 is 1.31. The predicted molar refractivity (Wildman–Crippen MR) is 104 cm³/mol. The molecule has 0 spiro atoms. The summed E-state index contributed by atoms with van der Waals surface area (Å²) in [5.41, 5.74) is 1.16. The molecule has 0 atom stereocenters. The van der Waals surface area contributed by atoms with E-state index in [-0.39, 0.29) is 18.4 Å². The Labute approximate surface area is 158 Å². The molecule has 1 aromatic heterocycles. The van der Waals surface area contributed by atoms with Crippen molar-refractivity contribution in [1.82, 2.24) is 3.96 Å². The van der Waals surface area contributed by atoms with Gasteiger partial charge in [-0.15, -0.1) is 0 Å². The van der Waals surface area contributed by atoms with Crippen LogP contribution in [-0.4, -0.2) is 28.9 Å². The second-order valence-corrected chi connectivity index (χ2v) is 11.0. The molecule has 144 valence electrons. The van der Waals surface area contributed by atoms with Crippen molar-refractivity contribution in [1.29, 1.82) is 0 Å². The first-order valence-corrected chi connectivity index (χ1v) is 12.0. The third-order valence-corrected chi connectivity index (χ3v) is 9.12. The fourth-order valence-electron chi connectivity index (χ4n) is 2.77. The molecule has 1 heterocycles. The van der Waals surface area contributed by atoms with Crippen molar-refractivity contribution in [2.75, 3.05) is 0 Å². The van der Waals surface area contributed by atoms with Crippen LogP contribution >= 0.6 is 26.7 Å². The van der Waals surface area contributed by atoms with Crippen molar-refractivity contribution in [2.24, 2.45) is 0 Å². The average Bonchev–Trinajstić information content (AvgIpc) is 2.90. The lowest BCUT2D eigenvalue weighted by Gasteiger charge is -2.19. The number of rotatable bonds is 6. The van der Waals surface area contributed by atoms with E-state index >= 15 is 0 Å². The van der Waals surface area contributed by atoms with E-state index in [9.17, 15) is 13.9 Å². The third kappa shape index (κ3) is 4.47. The summed E-state index contributed by atoms with van der Waals surface area (Å²) < 4.78 is 25.1. The van der Waals surface area contributed by atoms with Crippen LogP contribution in [-0.2, 0) is 15.6 Å². The molecule has 0 amide bonds. The number of hydrogen-bond acceptors (Lipinski definition) is 4. The average molecular weight is 429 g/mol. The molecule has 0 aliphatic carbocycles. The van der Waals surface area contributed by atoms with Crippen LogP contribution in [0.2, 0.25) is 0 Å². The van der Waals surface area contributed by atoms with Gasteiger partial charge in [0.1, 0.15) is 0 Å². The molecule has 11 heteroatoms. The van der Waals surface area contributed by atoms with Gasteiger partial charge >= 0.3 is 15.2 Å². The van der Waals surface area contributed by atoms with Crippen molar-refractivity contribution < 1.29 is 28.7 Å². The summed E-state index contributed by atoms with van der Waals surface area (Å²) in [7, 11) is -9.84. The molecule has 8 nitrogen and oxygen atoms in total. The van der Waals surface area contributed by atoms with Crippen LogP contribution in [0, 0.1) is 0 Å². The first kappa shape index (κ1) is 20.2. The monoisotopic (exact) mass is 429 g/mol. The Morgan fingerprint density at radius 1 is 0.926 bits per heavy atom. The number of nitrogens with zero attached hydrogens (tertiary/aromatic N) is 1. The van der Waals surface area contributed by atoms with Gasteiger partial charge in [-0.1, -0.05) is 35.8 Å². The molecule has 27 heavy (non-hydrogen) atoms. The minimum atomic E-state index is -4.92. The zero-order chi connectivity index (χ0) is 19.8. The number of benzene rings is 2. The second kappa shape index (κ2) is 7.45. The molecular formula is C16H17NO7P2S. The van der Waals surface area contributed by atoms with Gasteiger partial charge in [0, 0.05) is 0 Å². The number of hydrogen-bond donors (Lipinski definition) is 4. The maximum atomic E-state index is 12.4. The summed E-state index contributed by atoms with van der Waals surface area (Å²) in [6, 6.07) is 14.0. The van der Waals surface area contributed by atoms with Crippen LogP contribution in [0.25, 0.3) is 15.8 Å². The molecule has 0 bridgehead atoms. The van der Waals surface area contributed by atoms with Crippen molar-refractivity contribution in [3.8, 4) is 5.69 Å². The molecule has 0 radical (unpaired) electrons. The standard InChI is InChI=1S/C16H17NO7P2S/c18-16-13-3-1-2-4-14(13)27-17(16)12-8-5-11(6-9-12)7-10-15(25(19,20)21)26(22,23)24/h1-6,8-9,15H,7,10H2,(H2,19,20,21)(H2,22,23,24). The van der Waals surface area contributed by atoms with E-state index in [1.54, 1.807) is 40.4 Å². The maximum absolute atomic E-state index is 12.4. The molecule has 0 saturated carbocycles. The summed E-state index contributed by atoms with van der Waals surface area (Å²) in [5.74, 6) is 0. The van der Waals surface area contributed by atoms with Crippen molar-refractivity contribution in [3.05, 3.63) is 64.4 Å². The lowest BCUT2D eigenvalue weighted by molar-refractivity contribution is 0.335. The van der Waals surface area contributed by atoms with Gasteiger partial charge in [0.05, 0.1) is 15.8 Å². The molecule has 0 fully saturated rings. The van der Waals surface area contributed by atoms with Crippen molar-refractivity contribution in [2.45, 2.75) is 18.2 Å². The van der Waals surface area contributed by atoms with Gasteiger partial charge in [-0.25, -0.2) is 3.96 Å². The van der Waals surface area contributed by atoms with Gasteiger partial charge in [-0.05, 0) is 42.7 Å². The number of fused-ring (bicyclic) bond motifs is 1. The number of aryl methyl sites for hydroxylation is 1. The Bertz CT molecular complexity index is 1090. The highest BCUT2D eigenvalue weighted by molar-refractivity contribution is 7.70. The molecule has 0 aliphatic rings. The fraction of sp³-hybridized carbons (Fsp3) is 0.188. The summed E-state index contributed by atoms with van der Waals surface area (Å²) in [5, 5.41) is -1.40. The Morgan fingerprint density at radius 3 is 2.07 bits per heavy atom. The quantitative estimate of drug-likeness (QED) is 0.442. The minimum absolute atomic E-state index is 0.0858. The van der Waals surface area contributed by atoms with E-state index in [0.717, 1.165) is 4.70 Å². The molecular weight excluding hydrogens is 412 g/mol. The van der Waals surface area contributed by atoms with Gasteiger partial charge in [0.2, 0.25) is 0 Å². The van der Waals surface area contributed by atoms with E-state index in [4.69, 9.17) is 19.6 Å². The Morgan fingerprint density at radius 2 is 1.52 bits per heavy atom. The van der Waals surface area contributed by atoms with Crippen LogP contribution < -0.4 is 5.56 Å². The van der Waals surface area contributed by atoms with Gasteiger partial charge in [0.15, 0.2) is 5.40 Å². The molecule has 0 unspecified atom stereocenters. The van der Waals surface area contributed by atoms with Crippen molar-refractivity contribution >= 4 is 36.8 Å². The first-order valence-electron chi connectivity index (χ1n) is 7.88. The molecule has 0 aliphatic heterocycles. The molecule has 3 aromatic rings. The fourth-order valence-corrected chi connectivity index (χ4v) is 6.26. The molecule has 2 aromatic carbocycles. The van der Waals surface area contributed by atoms with Crippen LogP contribution in [0.3, 0.4) is 0 Å². The smallest absolute Gasteiger partial charge is 0.324 e. The van der Waals surface area contributed by atoms with E-state index < -0.39 is 20.6 Å². The lowest BCUT2D eigenvalue weighted by Crippen LogP contribution is -2.11. The van der Waals surface area contributed by atoms with E-state index in [0.29, 0.717) is 16.6 Å². The summed E-state index contributed by atoms with van der Waals surface area (Å²) in [4.78, 5) is 49.1. The SMILES string of the molecule is O=c1c2ccccc2sn1-c1ccc(CCC(P(=O)(O)O)P(=O)(O)O)cc1. The highest BCUT2D eigenvalue weighted by atomic mass is 32.1. The van der Waals surface area contributed by atoms with Gasteiger partial charge in [-0.3, -0.25) is 13.9 Å². The number of aromatic nitrogens is 1. The Hall–Kier alpha value is -1.57. The zero-order valence-corrected chi connectivity index (χ0v) is 16.5. The van der Waals surface area contributed by atoms with Gasteiger partial charge in [0.25, 0.3) is 5.56 Å². The summed E-state index contributed by atoms with van der Waals surface area (Å²) in [6.45, 7) is 0. The summed E-state index contributed by atoms with van der Waals surface area (Å²) in [6.07, 6.45) is -0.265. The van der Waals surface area contributed by atoms with Gasteiger partial charge in [-0.2, -0.15) is 0 Å². The second-order valence-electron chi connectivity index (χ2n) is 6.05. The lowest BCUT2D eigenvalue weighted by atomic mass is 10.1. The van der Waals surface area contributed by atoms with Crippen LogP contribution in [0.1, 0.15) is 12.0 Å². The zero-order valence-electron chi connectivity index (χ0n) is 13.9. The van der Waals surface area contributed by atoms with E-state index in [2.05, 4.69) is 0 Å². The Balaban J connectivity index is 1.81. The largest absolute Gasteiger partial charge is 0.340 e. The first-order chi connectivity index (χ1) is 12.6. The molecule has 3 rings (SSSR count). The normalized spacial score (nSPS) is 12.8. The molecule has 4 N–H and O–H groups in total. The van der Waals surface area contributed by atoms with Crippen LogP contribution in [0.4, 0.5) is 0 Å². The third-order valence-electron chi connectivity index (χ3n) is 4.13. The highest BCUT2D eigenvalue weighted by Crippen LogP contribution is 2.61. The van der Waals surface area contributed by atoms with Crippen LogP contribution in [0.15, 0.2) is 53.3 Å². The van der Waals surface area contributed by atoms with Crippen LogP contribution in [0.5, 0.6) is 0 Å². The van der Waals surface area contributed by atoms with E-state index in [1.807, 2.05) is 12.1 Å². The topological polar surface area (TPSA) is 137 Å². The molecule has 0 saturated heterocycles. The highest BCUT2D eigenvalue weighted by Gasteiger charge is 2.42. The van der Waals surface area contributed by atoms with Crippen molar-refractivity contribution in [3.63, 3.8) is 0 Å². The minimum Gasteiger partial charge on any atom is -0.324 e. The Kier molecular flexibility index (Phi) is 5.57. The van der Waals surface area contributed by atoms with E-state index in [1.165, 1.54) is 11.5 Å². The predicted octanol–water partition coefficient (Wildman–Crippen LogP) is 2.67. The van der Waals surface area contributed by atoms with Gasteiger partial charge < -0.3 is 19.6 Å². The maximum Gasteiger partial charge on any atom is 0.340 e.